The fraction of sp³-hybridized carbons (Fsp3) is 0.629. The van der Waals surface area contributed by atoms with Gasteiger partial charge in [0.15, 0.2) is 0 Å². The Labute approximate surface area is 252 Å². The average Bonchev–Trinajstić information content (AvgIpc) is 2.90. The number of benzene rings is 1. The second-order valence-electron chi connectivity index (χ2n) is 14.6. The summed E-state index contributed by atoms with van der Waals surface area (Å²) in [6.45, 7) is 12.3. The molecule has 0 saturated heterocycles. The van der Waals surface area contributed by atoms with E-state index in [1.807, 2.05) is 52.0 Å². The molecule has 0 unspecified atom stereocenters. The fourth-order valence-electron chi connectivity index (χ4n) is 8.00. The quantitative estimate of drug-likeness (QED) is 0.372. The lowest BCUT2D eigenvalue weighted by molar-refractivity contribution is -0.124. The van der Waals surface area contributed by atoms with Crippen LogP contribution < -0.4 is 16.0 Å². The molecule has 7 heteroatoms. The smallest absolute Gasteiger partial charge is 0.414 e. The van der Waals surface area contributed by atoms with Crippen LogP contribution in [0.2, 0.25) is 0 Å². The number of hydrogen-bond acceptors (Lipinski definition) is 5. The molecule has 4 aliphatic carbocycles. The van der Waals surface area contributed by atoms with Crippen LogP contribution in [0.25, 0.3) is 11.1 Å². The highest BCUT2D eigenvalue weighted by Crippen LogP contribution is 2.53. The van der Waals surface area contributed by atoms with Gasteiger partial charge in [0.1, 0.15) is 5.60 Å². The van der Waals surface area contributed by atoms with Gasteiger partial charge in [-0.2, -0.15) is 0 Å². The zero-order chi connectivity index (χ0) is 30.3. The van der Waals surface area contributed by atoms with Crippen molar-refractivity contribution in [3.63, 3.8) is 0 Å². The molecule has 0 atom stereocenters. The van der Waals surface area contributed by atoms with Crippen molar-refractivity contribution in [2.24, 2.45) is 35.3 Å². The molecule has 4 saturated carbocycles. The minimum absolute atomic E-state index is 0.0414. The lowest BCUT2D eigenvalue weighted by Crippen LogP contribution is -2.56. The summed E-state index contributed by atoms with van der Waals surface area (Å²) in [4.78, 5) is 34.0. The van der Waals surface area contributed by atoms with Crippen LogP contribution in [0.1, 0.15) is 89.2 Å². The topological polar surface area (TPSA) is 97.6 Å². The summed E-state index contributed by atoms with van der Waals surface area (Å²) in [5.74, 6) is 3.29. The molecule has 0 aliphatic heterocycles. The molecule has 2 aromatic rings. The second-order valence-corrected chi connectivity index (χ2v) is 14.6. The normalized spacial score (nSPS) is 24.6. The van der Waals surface area contributed by atoms with E-state index in [4.69, 9.17) is 15.5 Å². The largest absolute Gasteiger partial charge is 0.443 e. The van der Waals surface area contributed by atoms with Gasteiger partial charge in [-0.3, -0.25) is 14.7 Å². The zero-order valence-electron chi connectivity index (χ0n) is 26.6. The Bertz CT molecular complexity index is 1280. The Morgan fingerprint density at radius 1 is 1.05 bits per heavy atom. The van der Waals surface area contributed by atoms with E-state index in [1.165, 1.54) is 32.1 Å². The molecule has 1 aromatic carbocycles. The van der Waals surface area contributed by atoms with E-state index < -0.39 is 11.7 Å². The van der Waals surface area contributed by atoms with Gasteiger partial charge in [0.25, 0.3) is 0 Å². The van der Waals surface area contributed by atoms with Gasteiger partial charge in [-0.1, -0.05) is 38.1 Å². The monoisotopic (exact) mass is 574 g/mol. The number of amides is 2. The molecule has 2 amide bonds. The number of anilines is 1. The summed E-state index contributed by atoms with van der Waals surface area (Å²) < 4.78 is 5.81. The van der Waals surface area contributed by atoms with Gasteiger partial charge >= 0.3 is 6.09 Å². The molecule has 1 heterocycles. The Morgan fingerprint density at radius 2 is 1.64 bits per heavy atom. The maximum Gasteiger partial charge on any atom is 0.414 e. The van der Waals surface area contributed by atoms with Gasteiger partial charge in [0.2, 0.25) is 5.91 Å². The fourth-order valence-corrected chi connectivity index (χ4v) is 8.00. The van der Waals surface area contributed by atoms with Crippen LogP contribution in [-0.2, 0) is 28.9 Å². The average molecular weight is 575 g/mol. The minimum atomic E-state index is -0.647. The van der Waals surface area contributed by atoms with Crippen LogP contribution in [0.4, 0.5) is 10.5 Å². The van der Waals surface area contributed by atoms with Crippen LogP contribution >= 0.6 is 0 Å². The van der Waals surface area contributed by atoms with Gasteiger partial charge in [0, 0.05) is 30.9 Å². The van der Waals surface area contributed by atoms with E-state index in [1.54, 1.807) is 11.9 Å². The highest BCUT2D eigenvalue weighted by atomic mass is 16.6. The zero-order valence-corrected chi connectivity index (χ0v) is 26.6. The van der Waals surface area contributed by atoms with Crippen LogP contribution in [-0.4, -0.2) is 35.7 Å². The molecule has 0 radical (unpaired) electrons. The molecule has 228 valence electrons. The third-order valence-corrected chi connectivity index (χ3v) is 9.53. The second kappa shape index (κ2) is 12.0. The Balaban J connectivity index is 1.56. The molecular weight excluding hydrogens is 524 g/mol. The van der Waals surface area contributed by atoms with E-state index in [2.05, 4.69) is 19.2 Å². The Kier molecular flexibility index (Phi) is 8.71. The van der Waals surface area contributed by atoms with E-state index in [0.29, 0.717) is 36.4 Å². The molecule has 7 nitrogen and oxygen atoms in total. The number of aromatic nitrogens is 1. The first-order valence-electron chi connectivity index (χ1n) is 15.9. The minimum Gasteiger partial charge on any atom is -0.443 e. The number of pyridine rings is 1. The number of rotatable bonds is 8. The van der Waals surface area contributed by atoms with Crippen molar-refractivity contribution in [3.05, 3.63) is 46.8 Å². The SMILES string of the molecule is Cc1nc(CC(C)C)c(N(C)C(=O)OC(C)(C)C)c(-c2ccc(CN)cc2)c1CC(=O)NC1C2CC3CC(C2)CC1C3. The van der Waals surface area contributed by atoms with Crippen LogP contribution in [0.15, 0.2) is 24.3 Å². The van der Waals surface area contributed by atoms with Gasteiger partial charge in [0.05, 0.1) is 17.8 Å². The molecule has 42 heavy (non-hydrogen) atoms. The van der Waals surface area contributed by atoms with Crippen molar-refractivity contribution >= 4 is 17.7 Å². The third kappa shape index (κ3) is 6.51. The highest BCUT2D eigenvalue weighted by molar-refractivity contribution is 5.97. The summed E-state index contributed by atoms with van der Waals surface area (Å²) >= 11 is 0. The molecule has 4 aliphatic rings. The van der Waals surface area contributed by atoms with Crippen LogP contribution in [0, 0.1) is 36.5 Å². The first kappa shape index (κ1) is 30.5. The highest BCUT2D eigenvalue weighted by Gasteiger charge is 2.48. The molecule has 3 N–H and O–H groups in total. The maximum absolute atomic E-state index is 13.8. The number of carbonyl (C=O) groups is 2. The van der Waals surface area contributed by atoms with Crippen molar-refractivity contribution in [3.8, 4) is 11.1 Å². The third-order valence-electron chi connectivity index (χ3n) is 9.53. The number of hydrogen-bond donors (Lipinski definition) is 2. The molecule has 0 spiro atoms. The number of ether oxygens (including phenoxy) is 1. The number of nitrogens with two attached hydrogens (primary N) is 1. The summed E-state index contributed by atoms with van der Waals surface area (Å²) in [7, 11) is 1.75. The molecule has 6 rings (SSSR count). The molecule has 1 aromatic heterocycles. The predicted octanol–water partition coefficient (Wildman–Crippen LogP) is 6.57. The molecule has 4 bridgehead atoms. The predicted molar refractivity (Wildman–Crippen MR) is 168 cm³/mol. The standard InChI is InChI=1S/C35H50N4O3/c1-20(2)12-29-33(39(7)34(41)42-35(4,5)6)31(25-10-8-22(19-36)9-11-25)28(21(3)37-29)18-30(40)38-32-26-14-23-13-24(16-26)17-27(32)15-23/h8-11,20,23-24,26-27,32H,12-19,36H2,1-7H3,(H,38,40). The summed E-state index contributed by atoms with van der Waals surface area (Å²) in [5.41, 5.74) is 11.3. The van der Waals surface area contributed by atoms with E-state index in [-0.39, 0.29) is 18.4 Å². The molecule has 4 fully saturated rings. The van der Waals surface area contributed by atoms with E-state index in [0.717, 1.165) is 45.5 Å². The van der Waals surface area contributed by atoms with E-state index in [9.17, 15) is 9.59 Å². The summed E-state index contributed by atoms with van der Waals surface area (Å²) in [6.07, 6.45) is 6.88. The van der Waals surface area contributed by atoms with Gasteiger partial charge in [-0.15, -0.1) is 0 Å². The number of aryl methyl sites for hydroxylation is 1. The van der Waals surface area contributed by atoms with Crippen molar-refractivity contribution < 1.29 is 14.3 Å². The van der Waals surface area contributed by atoms with Crippen LogP contribution in [0.5, 0.6) is 0 Å². The van der Waals surface area contributed by atoms with Crippen molar-refractivity contribution in [2.75, 3.05) is 11.9 Å². The maximum atomic E-state index is 13.8. The first-order valence-corrected chi connectivity index (χ1v) is 15.9. The first-order chi connectivity index (χ1) is 19.8. The Hall–Kier alpha value is -2.93. The van der Waals surface area contributed by atoms with Gasteiger partial charge in [-0.25, -0.2) is 4.79 Å². The van der Waals surface area contributed by atoms with Crippen LogP contribution in [0.3, 0.4) is 0 Å². The molecular formula is C35H50N4O3. The van der Waals surface area contributed by atoms with Crippen molar-refractivity contribution in [1.29, 1.82) is 0 Å². The van der Waals surface area contributed by atoms with Gasteiger partial charge in [-0.05, 0) is 112 Å². The summed E-state index contributed by atoms with van der Waals surface area (Å²) in [6, 6.07) is 8.39. The Morgan fingerprint density at radius 3 is 2.17 bits per heavy atom. The number of carbonyl (C=O) groups excluding carboxylic acids is 2. The van der Waals surface area contributed by atoms with Gasteiger partial charge < -0.3 is 15.8 Å². The summed E-state index contributed by atoms with van der Waals surface area (Å²) in [5, 5.41) is 3.50. The number of nitrogens with one attached hydrogen (secondary N) is 1. The van der Waals surface area contributed by atoms with Crippen molar-refractivity contribution in [1.82, 2.24) is 10.3 Å². The van der Waals surface area contributed by atoms with E-state index >= 15 is 0 Å². The number of nitrogens with zero attached hydrogens (tertiary/aromatic N) is 2. The van der Waals surface area contributed by atoms with Crippen molar-refractivity contribution in [2.45, 2.75) is 105 Å². The lowest BCUT2D eigenvalue weighted by atomic mass is 9.54. The lowest BCUT2D eigenvalue weighted by Gasteiger charge is -2.54.